The van der Waals surface area contributed by atoms with Crippen LogP contribution in [0.1, 0.15) is 30.2 Å². The first-order chi connectivity index (χ1) is 8.54. The van der Waals surface area contributed by atoms with Crippen molar-refractivity contribution >= 4 is 5.82 Å². The Morgan fingerprint density at radius 1 is 1.39 bits per heavy atom. The van der Waals surface area contributed by atoms with E-state index in [9.17, 15) is 5.26 Å². The van der Waals surface area contributed by atoms with Gasteiger partial charge in [-0.05, 0) is 31.7 Å². The number of anilines is 1. The SMILES string of the molecule is Cc1nnc(N2CCC(N)C(C)C2)c(C#N)c1C. The third-order valence-corrected chi connectivity index (χ3v) is 3.82. The zero-order chi connectivity index (χ0) is 13.3. The van der Waals surface area contributed by atoms with Crippen molar-refractivity contribution in [1.29, 1.82) is 5.26 Å². The molecule has 1 aromatic rings. The molecule has 1 saturated heterocycles. The summed E-state index contributed by atoms with van der Waals surface area (Å²) in [6, 6.07) is 2.49. The highest BCUT2D eigenvalue weighted by Crippen LogP contribution is 2.25. The van der Waals surface area contributed by atoms with Crippen LogP contribution in [0.5, 0.6) is 0 Å². The van der Waals surface area contributed by atoms with Crippen molar-refractivity contribution in [3.63, 3.8) is 0 Å². The van der Waals surface area contributed by atoms with Crippen molar-refractivity contribution in [2.75, 3.05) is 18.0 Å². The Labute approximate surface area is 108 Å². The largest absolute Gasteiger partial charge is 0.354 e. The summed E-state index contributed by atoms with van der Waals surface area (Å²) in [5, 5.41) is 17.6. The molecule has 2 unspecified atom stereocenters. The maximum absolute atomic E-state index is 9.30. The van der Waals surface area contributed by atoms with Gasteiger partial charge in [-0.1, -0.05) is 6.92 Å². The molecular formula is C13H19N5. The van der Waals surface area contributed by atoms with E-state index in [1.54, 1.807) is 0 Å². The van der Waals surface area contributed by atoms with Gasteiger partial charge >= 0.3 is 0 Å². The normalized spacial score (nSPS) is 23.8. The number of hydrogen-bond donors (Lipinski definition) is 1. The Morgan fingerprint density at radius 3 is 2.72 bits per heavy atom. The van der Waals surface area contributed by atoms with Gasteiger partial charge in [0.1, 0.15) is 11.6 Å². The zero-order valence-corrected chi connectivity index (χ0v) is 11.1. The Morgan fingerprint density at radius 2 is 2.11 bits per heavy atom. The van der Waals surface area contributed by atoms with Gasteiger partial charge in [0.2, 0.25) is 0 Å². The summed E-state index contributed by atoms with van der Waals surface area (Å²) in [5.74, 6) is 1.12. The van der Waals surface area contributed by atoms with E-state index < -0.39 is 0 Å². The summed E-state index contributed by atoms with van der Waals surface area (Å²) in [7, 11) is 0. The summed E-state index contributed by atoms with van der Waals surface area (Å²) in [4.78, 5) is 2.13. The lowest BCUT2D eigenvalue weighted by molar-refractivity contribution is 0.380. The van der Waals surface area contributed by atoms with E-state index in [4.69, 9.17) is 5.73 Å². The molecule has 0 amide bonds. The molecule has 18 heavy (non-hydrogen) atoms. The van der Waals surface area contributed by atoms with Crippen molar-refractivity contribution in [2.45, 2.75) is 33.2 Å². The highest BCUT2D eigenvalue weighted by atomic mass is 15.3. The maximum atomic E-state index is 9.30. The van der Waals surface area contributed by atoms with E-state index in [2.05, 4.69) is 28.1 Å². The van der Waals surface area contributed by atoms with Gasteiger partial charge in [0, 0.05) is 19.1 Å². The molecule has 1 aliphatic rings. The second kappa shape index (κ2) is 4.91. The van der Waals surface area contributed by atoms with Crippen LogP contribution in [0.15, 0.2) is 0 Å². The number of nitriles is 1. The Kier molecular flexibility index (Phi) is 3.48. The average molecular weight is 245 g/mol. The number of nitrogens with two attached hydrogens (primary N) is 1. The van der Waals surface area contributed by atoms with Crippen LogP contribution >= 0.6 is 0 Å². The van der Waals surface area contributed by atoms with E-state index in [1.165, 1.54) is 0 Å². The first kappa shape index (κ1) is 12.8. The van der Waals surface area contributed by atoms with Crippen LogP contribution < -0.4 is 10.6 Å². The fourth-order valence-electron chi connectivity index (χ4n) is 2.31. The van der Waals surface area contributed by atoms with Crippen LogP contribution in [0.4, 0.5) is 5.82 Å². The standard InChI is InChI=1S/C13H19N5/c1-8-7-18(5-4-12(8)15)13-11(6-14)9(2)10(3)16-17-13/h8,12H,4-5,7,15H2,1-3H3. The first-order valence-electron chi connectivity index (χ1n) is 6.29. The van der Waals surface area contributed by atoms with Gasteiger partial charge in [0.15, 0.2) is 5.82 Å². The van der Waals surface area contributed by atoms with Gasteiger partial charge < -0.3 is 10.6 Å². The first-order valence-corrected chi connectivity index (χ1v) is 6.29. The van der Waals surface area contributed by atoms with E-state index in [0.717, 1.165) is 30.8 Å². The third-order valence-electron chi connectivity index (χ3n) is 3.82. The Bertz CT molecular complexity index is 491. The minimum absolute atomic E-state index is 0.242. The predicted molar refractivity (Wildman–Crippen MR) is 70.2 cm³/mol. The van der Waals surface area contributed by atoms with Gasteiger partial charge in [0.25, 0.3) is 0 Å². The lowest BCUT2D eigenvalue weighted by atomic mass is 9.94. The molecule has 1 fully saturated rings. The van der Waals surface area contributed by atoms with Gasteiger partial charge in [-0.2, -0.15) is 10.4 Å². The van der Waals surface area contributed by atoms with E-state index in [0.29, 0.717) is 17.3 Å². The number of rotatable bonds is 1. The molecule has 0 spiro atoms. The van der Waals surface area contributed by atoms with E-state index in [1.807, 2.05) is 13.8 Å². The number of hydrogen-bond acceptors (Lipinski definition) is 5. The summed E-state index contributed by atoms with van der Waals surface area (Å²) in [6.45, 7) is 7.62. The zero-order valence-electron chi connectivity index (χ0n) is 11.1. The van der Waals surface area contributed by atoms with Crippen LogP contribution in [0.25, 0.3) is 0 Å². The number of aryl methyl sites for hydroxylation is 1. The molecular weight excluding hydrogens is 226 g/mol. The molecule has 0 aromatic carbocycles. The smallest absolute Gasteiger partial charge is 0.169 e. The van der Waals surface area contributed by atoms with Crippen molar-refractivity contribution in [1.82, 2.24) is 10.2 Å². The van der Waals surface area contributed by atoms with Gasteiger partial charge in [-0.15, -0.1) is 5.10 Å². The van der Waals surface area contributed by atoms with E-state index >= 15 is 0 Å². The Balaban J connectivity index is 2.35. The van der Waals surface area contributed by atoms with Crippen molar-refractivity contribution < 1.29 is 0 Å². The molecule has 0 radical (unpaired) electrons. The summed E-state index contributed by atoms with van der Waals surface area (Å²) in [6.07, 6.45) is 0.931. The van der Waals surface area contributed by atoms with Crippen LogP contribution in [-0.2, 0) is 0 Å². The minimum atomic E-state index is 0.242. The fraction of sp³-hybridized carbons (Fsp3) is 0.615. The van der Waals surface area contributed by atoms with Crippen molar-refractivity contribution in [3.8, 4) is 6.07 Å². The monoisotopic (exact) mass is 245 g/mol. The van der Waals surface area contributed by atoms with Gasteiger partial charge in [-0.3, -0.25) is 0 Å². The molecule has 0 bridgehead atoms. The molecule has 2 rings (SSSR count). The van der Waals surface area contributed by atoms with Crippen LogP contribution in [0.3, 0.4) is 0 Å². The molecule has 0 aliphatic carbocycles. The predicted octanol–water partition coefficient (Wildman–Crippen LogP) is 1.14. The molecule has 2 N–H and O–H groups in total. The molecule has 0 saturated carbocycles. The van der Waals surface area contributed by atoms with E-state index in [-0.39, 0.29) is 6.04 Å². The molecule has 5 heteroatoms. The summed E-state index contributed by atoms with van der Waals surface area (Å²) in [5.41, 5.74) is 8.40. The second-order valence-electron chi connectivity index (χ2n) is 5.10. The summed E-state index contributed by atoms with van der Waals surface area (Å²) < 4.78 is 0. The lowest BCUT2D eigenvalue weighted by Crippen LogP contribution is -2.46. The van der Waals surface area contributed by atoms with Gasteiger partial charge in [-0.25, -0.2) is 0 Å². The molecule has 2 atom stereocenters. The quantitative estimate of drug-likeness (QED) is 0.802. The summed E-state index contributed by atoms with van der Waals surface area (Å²) >= 11 is 0. The fourth-order valence-corrected chi connectivity index (χ4v) is 2.31. The van der Waals surface area contributed by atoms with Gasteiger partial charge in [0.05, 0.1) is 5.69 Å². The topological polar surface area (TPSA) is 78.8 Å². The molecule has 1 aliphatic heterocycles. The highest BCUT2D eigenvalue weighted by molar-refractivity contribution is 5.57. The van der Waals surface area contributed by atoms with Crippen LogP contribution in [-0.4, -0.2) is 29.3 Å². The second-order valence-corrected chi connectivity index (χ2v) is 5.10. The van der Waals surface area contributed by atoms with Crippen LogP contribution in [0, 0.1) is 31.1 Å². The van der Waals surface area contributed by atoms with Crippen molar-refractivity contribution in [3.05, 3.63) is 16.8 Å². The Hall–Kier alpha value is -1.67. The number of nitrogens with zero attached hydrogens (tertiary/aromatic N) is 4. The average Bonchev–Trinajstić information content (AvgIpc) is 2.36. The highest BCUT2D eigenvalue weighted by Gasteiger charge is 2.26. The molecule has 96 valence electrons. The maximum Gasteiger partial charge on any atom is 0.169 e. The third kappa shape index (κ3) is 2.16. The minimum Gasteiger partial charge on any atom is -0.354 e. The van der Waals surface area contributed by atoms with Crippen molar-refractivity contribution in [2.24, 2.45) is 11.7 Å². The number of piperidine rings is 1. The molecule has 2 heterocycles. The van der Waals surface area contributed by atoms with Crippen LogP contribution in [0.2, 0.25) is 0 Å². The lowest BCUT2D eigenvalue weighted by Gasteiger charge is -2.36. The molecule has 5 nitrogen and oxygen atoms in total. The number of aromatic nitrogens is 2. The molecule has 1 aromatic heterocycles.